The Morgan fingerprint density at radius 2 is 2.00 bits per heavy atom. The molecular weight excluding hydrogens is 256 g/mol. The lowest BCUT2D eigenvalue weighted by Crippen LogP contribution is -2.22. The predicted molar refractivity (Wildman–Crippen MR) is 77.6 cm³/mol. The van der Waals surface area contributed by atoms with Gasteiger partial charge in [0.1, 0.15) is 11.3 Å². The van der Waals surface area contributed by atoms with Crippen LogP contribution < -0.4 is 10.4 Å². The van der Waals surface area contributed by atoms with Gasteiger partial charge in [-0.15, -0.1) is 6.58 Å². The molecule has 0 saturated carbocycles. The highest BCUT2D eigenvalue weighted by Crippen LogP contribution is 2.28. The smallest absolute Gasteiger partial charge is 0.340 e. The second-order valence-corrected chi connectivity index (χ2v) is 5.12. The van der Waals surface area contributed by atoms with Crippen molar-refractivity contribution >= 4 is 17.3 Å². The van der Waals surface area contributed by atoms with E-state index in [-0.39, 0.29) is 0 Å². The van der Waals surface area contributed by atoms with Crippen LogP contribution in [0.2, 0.25) is 0 Å². The number of carbonyl (C=O) groups excluding carboxylic acids is 1. The lowest BCUT2D eigenvalue weighted by molar-refractivity contribution is 0.112. The molecule has 0 atom stereocenters. The minimum absolute atomic E-state index is 0.381. The molecule has 0 radical (unpaired) electrons. The number of fused-ring (bicyclic) bond motifs is 1. The van der Waals surface area contributed by atoms with Gasteiger partial charge in [0.25, 0.3) is 0 Å². The maximum absolute atomic E-state index is 12.1. The van der Waals surface area contributed by atoms with Crippen LogP contribution in [-0.4, -0.2) is 13.4 Å². The van der Waals surface area contributed by atoms with Crippen molar-refractivity contribution in [3.8, 4) is 5.75 Å². The molecule has 1 aromatic carbocycles. The summed E-state index contributed by atoms with van der Waals surface area (Å²) in [6.07, 6.45) is 2.40. The summed E-state index contributed by atoms with van der Waals surface area (Å²) in [7, 11) is 1.46. The zero-order valence-electron chi connectivity index (χ0n) is 11.7. The van der Waals surface area contributed by atoms with Crippen LogP contribution in [0.5, 0.6) is 5.75 Å². The lowest BCUT2D eigenvalue weighted by Gasteiger charge is -2.19. The third-order valence-corrected chi connectivity index (χ3v) is 3.42. The molecule has 1 aromatic heterocycles. The van der Waals surface area contributed by atoms with Crippen LogP contribution in [0.1, 0.15) is 29.8 Å². The van der Waals surface area contributed by atoms with Crippen molar-refractivity contribution in [1.29, 1.82) is 0 Å². The summed E-state index contributed by atoms with van der Waals surface area (Å²) in [5, 5.41) is 0.678. The topological polar surface area (TPSA) is 56.5 Å². The standard InChI is InChI=1S/C16H16O4/c1-5-16(2,3)12-7-10-6-11(9-17)13(19-4)8-14(10)20-15(12)18/h5-9H,1H2,2-4H3. The van der Waals surface area contributed by atoms with Gasteiger partial charge >= 0.3 is 5.63 Å². The Balaban J connectivity index is 2.80. The summed E-state index contributed by atoms with van der Waals surface area (Å²) in [6, 6.07) is 4.92. The van der Waals surface area contributed by atoms with Crippen molar-refractivity contribution in [2.24, 2.45) is 0 Å². The first-order chi connectivity index (χ1) is 9.42. The fraction of sp³-hybridized carbons (Fsp3) is 0.250. The van der Waals surface area contributed by atoms with E-state index in [9.17, 15) is 9.59 Å². The van der Waals surface area contributed by atoms with Gasteiger partial charge in [0.05, 0.1) is 12.7 Å². The minimum Gasteiger partial charge on any atom is -0.496 e. The van der Waals surface area contributed by atoms with Crippen molar-refractivity contribution in [3.63, 3.8) is 0 Å². The third-order valence-electron chi connectivity index (χ3n) is 3.42. The van der Waals surface area contributed by atoms with Gasteiger partial charge in [-0.05, 0) is 12.1 Å². The highest BCUT2D eigenvalue weighted by atomic mass is 16.5. The maximum Gasteiger partial charge on any atom is 0.340 e. The Morgan fingerprint density at radius 3 is 2.55 bits per heavy atom. The van der Waals surface area contributed by atoms with E-state index in [1.807, 2.05) is 13.8 Å². The van der Waals surface area contributed by atoms with Gasteiger partial charge in [0, 0.05) is 22.4 Å². The highest BCUT2D eigenvalue weighted by molar-refractivity contribution is 5.89. The molecule has 4 nitrogen and oxygen atoms in total. The zero-order valence-corrected chi connectivity index (χ0v) is 11.7. The van der Waals surface area contributed by atoms with E-state index in [1.165, 1.54) is 7.11 Å². The van der Waals surface area contributed by atoms with Gasteiger partial charge in [-0.1, -0.05) is 19.9 Å². The van der Waals surface area contributed by atoms with Crippen LogP contribution >= 0.6 is 0 Å². The first kappa shape index (κ1) is 14.1. The highest BCUT2D eigenvalue weighted by Gasteiger charge is 2.22. The van der Waals surface area contributed by atoms with Crippen LogP contribution in [0, 0.1) is 0 Å². The molecule has 1 heterocycles. The fourth-order valence-electron chi connectivity index (χ4n) is 1.99. The summed E-state index contributed by atoms with van der Waals surface area (Å²) in [5.74, 6) is 0.381. The number of rotatable bonds is 4. The summed E-state index contributed by atoms with van der Waals surface area (Å²) in [5.41, 5.74) is 0.387. The van der Waals surface area contributed by atoms with Crippen molar-refractivity contribution in [2.75, 3.05) is 7.11 Å². The molecule has 0 aliphatic heterocycles. The average molecular weight is 272 g/mol. The summed E-state index contributed by atoms with van der Waals surface area (Å²) in [4.78, 5) is 23.1. The number of carbonyl (C=O) groups is 1. The minimum atomic E-state index is -0.504. The lowest BCUT2D eigenvalue weighted by atomic mass is 9.85. The number of hydrogen-bond donors (Lipinski definition) is 0. The van der Waals surface area contributed by atoms with Gasteiger partial charge in [0.2, 0.25) is 0 Å². The molecule has 0 aliphatic rings. The molecule has 0 fully saturated rings. The van der Waals surface area contributed by atoms with Crippen LogP contribution in [0.25, 0.3) is 11.0 Å². The zero-order chi connectivity index (χ0) is 14.9. The van der Waals surface area contributed by atoms with E-state index >= 15 is 0 Å². The Kier molecular flexibility index (Phi) is 3.49. The maximum atomic E-state index is 12.1. The quantitative estimate of drug-likeness (QED) is 0.487. The number of benzene rings is 1. The van der Waals surface area contributed by atoms with E-state index in [0.717, 1.165) is 0 Å². The van der Waals surface area contributed by atoms with Gasteiger partial charge in [-0.2, -0.15) is 0 Å². The van der Waals surface area contributed by atoms with E-state index in [1.54, 1.807) is 24.3 Å². The second kappa shape index (κ2) is 4.96. The first-order valence-corrected chi connectivity index (χ1v) is 6.18. The molecule has 2 aromatic rings. The monoisotopic (exact) mass is 272 g/mol. The Hall–Kier alpha value is -2.36. The summed E-state index contributed by atoms with van der Waals surface area (Å²) < 4.78 is 10.4. The number of allylic oxidation sites excluding steroid dienone is 1. The van der Waals surface area contributed by atoms with Crippen molar-refractivity contribution < 1.29 is 13.9 Å². The van der Waals surface area contributed by atoms with Crippen molar-refractivity contribution in [3.05, 3.63) is 52.4 Å². The number of methoxy groups -OCH3 is 1. The molecular formula is C16H16O4. The number of aldehydes is 1. The van der Waals surface area contributed by atoms with Crippen LogP contribution in [-0.2, 0) is 5.41 Å². The molecule has 0 bridgehead atoms. The normalized spacial score (nSPS) is 11.3. The SMILES string of the molecule is C=CC(C)(C)c1cc2cc(C=O)c(OC)cc2oc1=O. The average Bonchev–Trinajstić information content (AvgIpc) is 2.44. The van der Waals surface area contributed by atoms with E-state index in [0.29, 0.717) is 34.1 Å². The van der Waals surface area contributed by atoms with Crippen molar-refractivity contribution in [1.82, 2.24) is 0 Å². The molecule has 0 unspecified atom stereocenters. The van der Waals surface area contributed by atoms with E-state index < -0.39 is 11.0 Å². The Bertz CT molecular complexity index is 738. The number of hydrogen-bond acceptors (Lipinski definition) is 4. The molecule has 20 heavy (non-hydrogen) atoms. The Labute approximate surface area is 116 Å². The molecule has 4 heteroatoms. The van der Waals surface area contributed by atoms with Gasteiger partial charge < -0.3 is 9.15 Å². The number of ether oxygens (including phenoxy) is 1. The van der Waals surface area contributed by atoms with Gasteiger partial charge in [-0.3, -0.25) is 4.79 Å². The van der Waals surface area contributed by atoms with Gasteiger partial charge in [-0.25, -0.2) is 4.79 Å². The summed E-state index contributed by atoms with van der Waals surface area (Å²) >= 11 is 0. The first-order valence-electron chi connectivity index (χ1n) is 6.18. The Morgan fingerprint density at radius 1 is 1.30 bits per heavy atom. The molecule has 0 spiro atoms. The van der Waals surface area contributed by atoms with Gasteiger partial charge in [0.15, 0.2) is 6.29 Å². The molecule has 0 aliphatic carbocycles. The van der Waals surface area contributed by atoms with E-state index in [2.05, 4.69) is 6.58 Å². The molecule has 0 saturated heterocycles. The molecule has 0 N–H and O–H groups in total. The molecule has 104 valence electrons. The van der Waals surface area contributed by atoms with Crippen LogP contribution in [0.3, 0.4) is 0 Å². The molecule has 0 amide bonds. The van der Waals surface area contributed by atoms with Crippen LogP contribution in [0.15, 0.2) is 40.1 Å². The van der Waals surface area contributed by atoms with E-state index in [4.69, 9.17) is 9.15 Å². The third kappa shape index (κ3) is 2.25. The largest absolute Gasteiger partial charge is 0.496 e. The van der Waals surface area contributed by atoms with Crippen LogP contribution in [0.4, 0.5) is 0 Å². The fourth-order valence-corrected chi connectivity index (χ4v) is 1.99. The summed E-state index contributed by atoms with van der Waals surface area (Å²) in [6.45, 7) is 7.49. The molecule has 2 rings (SSSR count). The second-order valence-electron chi connectivity index (χ2n) is 5.12. The van der Waals surface area contributed by atoms with Crippen molar-refractivity contribution in [2.45, 2.75) is 19.3 Å². The predicted octanol–water partition coefficient (Wildman–Crippen LogP) is 3.08.